The van der Waals surface area contributed by atoms with Crippen LogP contribution in [0, 0.1) is 11.6 Å². The van der Waals surface area contributed by atoms with E-state index in [-0.39, 0.29) is 21.9 Å². The van der Waals surface area contributed by atoms with E-state index in [1.165, 1.54) is 42.7 Å². The second-order valence-corrected chi connectivity index (χ2v) is 7.93. The second kappa shape index (κ2) is 7.28. The van der Waals surface area contributed by atoms with Gasteiger partial charge in [-0.2, -0.15) is 5.10 Å². The van der Waals surface area contributed by atoms with Crippen LogP contribution >= 0.6 is 0 Å². The molecule has 0 radical (unpaired) electrons. The molecular weight excluding hydrogens is 376 g/mol. The summed E-state index contributed by atoms with van der Waals surface area (Å²) in [5, 5.41) is 6.51. The van der Waals surface area contributed by atoms with E-state index in [4.69, 9.17) is 0 Å². The van der Waals surface area contributed by atoms with Crippen LogP contribution < -0.4 is 5.32 Å². The van der Waals surface area contributed by atoms with Gasteiger partial charge in [0.15, 0.2) is 15.7 Å². The highest BCUT2D eigenvalue weighted by Crippen LogP contribution is 2.17. The van der Waals surface area contributed by atoms with E-state index in [1.54, 1.807) is 6.92 Å². The minimum Gasteiger partial charge on any atom is -0.322 e. The van der Waals surface area contributed by atoms with Crippen LogP contribution in [0.15, 0.2) is 59.8 Å². The van der Waals surface area contributed by atoms with Gasteiger partial charge < -0.3 is 5.32 Å². The summed E-state index contributed by atoms with van der Waals surface area (Å²) >= 11 is 0. The molecule has 0 saturated heterocycles. The zero-order valence-corrected chi connectivity index (χ0v) is 15.0. The van der Waals surface area contributed by atoms with Gasteiger partial charge in [0, 0.05) is 18.0 Å². The molecule has 6 nitrogen and oxygen atoms in total. The molecular formula is C18H15F2N3O3S. The molecule has 0 aliphatic heterocycles. The van der Waals surface area contributed by atoms with Gasteiger partial charge in [0.05, 0.1) is 22.4 Å². The number of nitrogens with zero attached hydrogens (tertiary/aromatic N) is 2. The summed E-state index contributed by atoms with van der Waals surface area (Å²) in [7, 11) is -3.32. The highest BCUT2D eigenvalue weighted by Gasteiger charge is 2.14. The van der Waals surface area contributed by atoms with Gasteiger partial charge in [-0.05, 0) is 36.4 Å². The van der Waals surface area contributed by atoms with E-state index in [1.807, 2.05) is 0 Å². The summed E-state index contributed by atoms with van der Waals surface area (Å²) in [6.45, 7) is 1.55. The lowest BCUT2D eigenvalue weighted by Crippen LogP contribution is -2.11. The van der Waals surface area contributed by atoms with Gasteiger partial charge in [0.25, 0.3) is 5.91 Å². The van der Waals surface area contributed by atoms with Crippen molar-refractivity contribution in [1.82, 2.24) is 9.78 Å². The van der Waals surface area contributed by atoms with Gasteiger partial charge in [-0.25, -0.2) is 21.9 Å². The number of aromatic nitrogens is 2. The SMILES string of the molecule is CCS(=O)(=O)c1ccc(NC(=O)c2cnn(-c3ccc(F)cc3F)c2)cc1. The Morgan fingerprint density at radius 2 is 1.85 bits per heavy atom. The van der Waals surface area contributed by atoms with Gasteiger partial charge in [-0.1, -0.05) is 6.92 Å². The van der Waals surface area contributed by atoms with Crippen molar-refractivity contribution in [2.24, 2.45) is 0 Å². The summed E-state index contributed by atoms with van der Waals surface area (Å²) in [6.07, 6.45) is 2.55. The first-order valence-corrected chi connectivity index (χ1v) is 9.59. The third-order valence-electron chi connectivity index (χ3n) is 3.85. The molecule has 1 amide bonds. The zero-order chi connectivity index (χ0) is 19.6. The van der Waals surface area contributed by atoms with Gasteiger partial charge in [0.1, 0.15) is 11.5 Å². The lowest BCUT2D eigenvalue weighted by molar-refractivity contribution is 0.102. The second-order valence-electron chi connectivity index (χ2n) is 5.65. The number of rotatable bonds is 5. The topological polar surface area (TPSA) is 81.1 Å². The highest BCUT2D eigenvalue weighted by molar-refractivity contribution is 7.91. The fourth-order valence-corrected chi connectivity index (χ4v) is 3.24. The van der Waals surface area contributed by atoms with E-state index < -0.39 is 27.4 Å². The van der Waals surface area contributed by atoms with Crippen LogP contribution in [0.4, 0.5) is 14.5 Å². The molecule has 0 bridgehead atoms. The molecule has 27 heavy (non-hydrogen) atoms. The number of amides is 1. The highest BCUT2D eigenvalue weighted by atomic mass is 32.2. The fourth-order valence-electron chi connectivity index (χ4n) is 2.35. The fraction of sp³-hybridized carbons (Fsp3) is 0.111. The van der Waals surface area contributed by atoms with Crippen molar-refractivity contribution in [1.29, 1.82) is 0 Å². The Hall–Kier alpha value is -3.07. The minimum atomic E-state index is -3.32. The Bertz CT molecular complexity index is 1090. The number of halogens is 2. The predicted octanol–water partition coefficient (Wildman–Crippen LogP) is 3.20. The van der Waals surface area contributed by atoms with Gasteiger partial charge in [0.2, 0.25) is 0 Å². The van der Waals surface area contributed by atoms with E-state index in [2.05, 4.69) is 10.4 Å². The summed E-state index contributed by atoms with van der Waals surface area (Å²) in [5.74, 6) is -2.04. The predicted molar refractivity (Wildman–Crippen MR) is 95.6 cm³/mol. The first kappa shape index (κ1) is 18.7. The molecule has 2 aromatic carbocycles. The average Bonchev–Trinajstić information content (AvgIpc) is 3.12. The summed E-state index contributed by atoms with van der Waals surface area (Å²) in [4.78, 5) is 12.5. The molecule has 0 unspecified atom stereocenters. The normalized spacial score (nSPS) is 11.4. The van der Waals surface area contributed by atoms with Crippen LogP contribution in [0.2, 0.25) is 0 Å². The third kappa shape index (κ3) is 4.03. The largest absolute Gasteiger partial charge is 0.322 e. The van der Waals surface area contributed by atoms with Crippen LogP contribution in [0.3, 0.4) is 0 Å². The van der Waals surface area contributed by atoms with Crippen LogP contribution in [0.1, 0.15) is 17.3 Å². The van der Waals surface area contributed by atoms with Crippen molar-refractivity contribution in [2.45, 2.75) is 11.8 Å². The number of carbonyl (C=O) groups is 1. The maximum atomic E-state index is 13.8. The average molecular weight is 391 g/mol. The standard InChI is InChI=1S/C18H15F2N3O3S/c1-2-27(25,26)15-6-4-14(5-7-15)22-18(24)12-10-21-23(11-12)17-8-3-13(19)9-16(17)20/h3-11H,2H2,1H3,(H,22,24). The van der Waals surface area contributed by atoms with Gasteiger partial charge >= 0.3 is 0 Å². The van der Waals surface area contributed by atoms with Crippen molar-refractivity contribution >= 4 is 21.4 Å². The van der Waals surface area contributed by atoms with E-state index in [9.17, 15) is 22.0 Å². The molecule has 0 aliphatic carbocycles. The molecule has 0 aliphatic rings. The van der Waals surface area contributed by atoms with Gasteiger partial charge in [-0.15, -0.1) is 0 Å². The lowest BCUT2D eigenvalue weighted by Gasteiger charge is -2.06. The number of nitrogens with one attached hydrogen (secondary N) is 1. The molecule has 9 heteroatoms. The van der Waals surface area contributed by atoms with Crippen LogP contribution in [-0.2, 0) is 9.84 Å². The van der Waals surface area contributed by atoms with Crippen LogP contribution in [-0.4, -0.2) is 29.9 Å². The summed E-state index contributed by atoms with van der Waals surface area (Å²) in [5.41, 5.74) is 0.560. The zero-order valence-electron chi connectivity index (χ0n) is 14.2. The summed E-state index contributed by atoms with van der Waals surface area (Å²) < 4.78 is 51.5. The van der Waals surface area contributed by atoms with Crippen LogP contribution in [0.5, 0.6) is 0 Å². The van der Waals surface area contributed by atoms with Gasteiger partial charge in [-0.3, -0.25) is 4.79 Å². The van der Waals surface area contributed by atoms with E-state index in [0.717, 1.165) is 16.8 Å². The molecule has 3 rings (SSSR count). The number of sulfone groups is 1. The number of hydrogen-bond donors (Lipinski definition) is 1. The molecule has 0 saturated carbocycles. The Morgan fingerprint density at radius 3 is 2.48 bits per heavy atom. The molecule has 140 valence electrons. The molecule has 0 fully saturated rings. The van der Waals surface area contributed by atoms with Crippen molar-refractivity contribution < 1.29 is 22.0 Å². The lowest BCUT2D eigenvalue weighted by atomic mass is 10.2. The monoisotopic (exact) mass is 391 g/mol. The smallest absolute Gasteiger partial charge is 0.258 e. The molecule has 0 spiro atoms. The number of anilines is 1. The third-order valence-corrected chi connectivity index (χ3v) is 5.60. The molecule has 1 heterocycles. The number of hydrogen-bond acceptors (Lipinski definition) is 4. The first-order chi connectivity index (χ1) is 12.8. The first-order valence-electron chi connectivity index (χ1n) is 7.94. The van der Waals surface area contributed by atoms with Crippen molar-refractivity contribution in [3.63, 3.8) is 0 Å². The quantitative estimate of drug-likeness (QED) is 0.724. The molecule has 0 atom stereocenters. The van der Waals surface area contributed by atoms with Crippen molar-refractivity contribution in [3.8, 4) is 5.69 Å². The maximum Gasteiger partial charge on any atom is 0.258 e. The van der Waals surface area contributed by atoms with Crippen molar-refractivity contribution in [3.05, 3.63) is 72.1 Å². The number of benzene rings is 2. The molecule has 1 aromatic heterocycles. The Kier molecular flexibility index (Phi) is 5.04. The Balaban J connectivity index is 1.77. The number of carbonyl (C=O) groups excluding carboxylic acids is 1. The Morgan fingerprint density at radius 1 is 1.15 bits per heavy atom. The minimum absolute atomic E-state index is 0.00424. The van der Waals surface area contributed by atoms with Crippen LogP contribution in [0.25, 0.3) is 5.69 Å². The maximum absolute atomic E-state index is 13.8. The molecule has 1 N–H and O–H groups in total. The Labute approximate surface area is 154 Å². The van der Waals surface area contributed by atoms with E-state index in [0.29, 0.717) is 5.69 Å². The van der Waals surface area contributed by atoms with E-state index >= 15 is 0 Å². The summed E-state index contributed by atoms with van der Waals surface area (Å²) in [6, 6.07) is 8.80. The van der Waals surface area contributed by atoms with Crippen molar-refractivity contribution in [2.75, 3.05) is 11.1 Å². The molecule has 3 aromatic rings.